The summed E-state index contributed by atoms with van der Waals surface area (Å²) in [7, 11) is 14.1. The van der Waals surface area contributed by atoms with Crippen molar-refractivity contribution < 1.29 is 41.1 Å². The van der Waals surface area contributed by atoms with E-state index in [0.29, 0.717) is 0 Å². The van der Waals surface area contributed by atoms with E-state index < -0.39 is 51.6 Å². The molecule has 1 aliphatic rings. The van der Waals surface area contributed by atoms with E-state index in [-0.39, 0.29) is 75.6 Å². The molecule has 1 atom stereocenters. The van der Waals surface area contributed by atoms with Crippen LogP contribution in [0.15, 0.2) is 84.9 Å². The molecule has 0 spiro atoms. The van der Waals surface area contributed by atoms with Crippen LogP contribution in [0.25, 0.3) is 0 Å². The molecule has 0 saturated heterocycles. The van der Waals surface area contributed by atoms with Crippen LogP contribution in [0.2, 0.25) is 26.2 Å². The average molecular weight is 918 g/mol. The van der Waals surface area contributed by atoms with E-state index in [1.54, 1.807) is 0 Å². The SMILES string of the molecule is C[Si](C)O[Si](C)C.O=C(O)c1ccc(F)c(F)c1C[Se]c1ccccc1.O=C1OC([Se]c2ccccc2)c2c1ccc(F)c2F.[Cl][Al]([Cl])[Cl]. The second-order valence-corrected chi connectivity index (χ2v) is 25.4. The smallest absolute Gasteiger partial charge is 0.214 e. The third-order valence-corrected chi connectivity index (χ3v) is 13.5. The average Bonchev–Trinajstić information content (AvgIpc) is 3.35. The summed E-state index contributed by atoms with van der Waals surface area (Å²) in [6, 6.07) is 22.9. The fourth-order valence-corrected chi connectivity index (χ4v) is 11.4. The standard InChI is InChI=1S/C14H8F2O2Se.C14H10F2O2Se.C4H12OSi2.Al.3ClH/c15-10-7-6-9-11(12(10)16)14(18-13(9)17)19-8-4-2-1-3-5-8;15-12-7-6-10(14(17)18)11(13(12)16)8-19-9-4-2-1-3-5-9;1-6(2)5-7(3)4;;;;/h1-7,14H;1-7H,8H2,(H,17,18);1-4H3;;3*1H/q;;;+3;;;/p-3. The number of carbonyl (C=O) groups is 2. The number of rotatable bonds is 8. The molecule has 0 aliphatic carbocycles. The summed E-state index contributed by atoms with van der Waals surface area (Å²) < 4.78 is 66.6. The first-order valence-electron chi connectivity index (χ1n) is 14.1. The Morgan fingerprint density at radius 2 is 1.31 bits per heavy atom. The molecule has 1 unspecified atom stereocenters. The number of esters is 1. The van der Waals surface area contributed by atoms with Gasteiger partial charge in [0, 0.05) is 0 Å². The van der Waals surface area contributed by atoms with E-state index in [4.69, 9.17) is 44.1 Å². The predicted octanol–water partition coefficient (Wildman–Crippen LogP) is 7.55. The molecule has 0 amide bonds. The molecule has 5 nitrogen and oxygen atoms in total. The zero-order valence-electron chi connectivity index (χ0n) is 26.5. The molecular weight excluding hydrogens is 888 g/mol. The summed E-state index contributed by atoms with van der Waals surface area (Å²) in [6.45, 7) is 8.68. The van der Waals surface area contributed by atoms with E-state index in [2.05, 4.69) is 26.2 Å². The number of ether oxygens (including phenoxy) is 1. The maximum atomic E-state index is 13.8. The summed E-state index contributed by atoms with van der Waals surface area (Å²) >= 11 is -2.16. The van der Waals surface area contributed by atoms with Crippen LogP contribution in [-0.4, -0.2) is 76.4 Å². The minimum absolute atomic E-state index is 0.0499. The van der Waals surface area contributed by atoms with Crippen molar-refractivity contribution in [2.75, 3.05) is 0 Å². The third-order valence-electron chi connectivity index (χ3n) is 5.75. The summed E-state index contributed by atoms with van der Waals surface area (Å²) in [5.41, 5.74) is -0.0522. The Morgan fingerprint density at radius 1 is 0.816 bits per heavy atom. The van der Waals surface area contributed by atoms with Crippen LogP contribution in [-0.2, 0) is 14.2 Å². The summed E-state index contributed by atoms with van der Waals surface area (Å²) in [5, 5.41) is 8.51. The Hall–Kier alpha value is -1.62. The van der Waals surface area contributed by atoms with Crippen molar-refractivity contribution in [3.05, 3.63) is 130 Å². The van der Waals surface area contributed by atoms with Crippen molar-refractivity contribution in [2.24, 2.45) is 0 Å². The molecule has 5 rings (SSSR count). The maximum absolute atomic E-state index is 13.8. The normalized spacial score (nSPS) is 12.8. The van der Waals surface area contributed by atoms with Gasteiger partial charge < -0.3 is 4.12 Å². The molecule has 1 aliphatic heterocycles. The zero-order chi connectivity index (χ0) is 36.7. The summed E-state index contributed by atoms with van der Waals surface area (Å²) in [4.78, 5) is 22.6. The molecule has 260 valence electrons. The fraction of sp³-hybridized carbons (Fsp3) is 0.188. The van der Waals surface area contributed by atoms with Gasteiger partial charge in [0.1, 0.15) is 0 Å². The van der Waals surface area contributed by atoms with Gasteiger partial charge in [0.05, 0.1) is 0 Å². The van der Waals surface area contributed by atoms with Gasteiger partial charge in [0.15, 0.2) is 18.1 Å². The van der Waals surface area contributed by atoms with Gasteiger partial charge in [-0.3, -0.25) is 0 Å². The Balaban J connectivity index is 0.000000263. The number of halogens is 7. The first-order chi connectivity index (χ1) is 23.1. The van der Waals surface area contributed by atoms with Crippen molar-refractivity contribution >= 4 is 110 Å². The topological polar surface area (TPSA) is 72.8 Å². The van der Waals surface area contributed by atoms with Gasteiger partial charge in [-0.1, -0.05) is 0 Å². The zero-order valence-corrected chi connectivity index (χ0v) is 35.3. The molecule has 4 aromatic carbocycles. The molecule has 17 heteroatoms. The number of fused-ring (bicyclic) bond motifs is 1. The quantitative estimate of drug-likeness (QED) is 0.112. The Morgan fingerprint density at radius 3 is 1.80 bits per heavy atom. The van der Waals surface area contributed by atoms with Gasteiger partial charge >= 0.3 is 240 Å². The fourth-order valence-electron chi connectivity index (χ4n) is 3.91. The molecule has 49 heavy (non-hydrogen) atoms. The van der Waals surface area contributed by atoms with Crippen molar-refractivity contribution in [2.45, 2.75) is 36.5 Å². The van der Waals surface area contributed by atoms with Crippen molar-refractivity contribution in [3.63, 3.8) is 0 Å². The number of hydrogen-bond acceptors (Lipinski definition) is 4. The van der Waals surface area contributed by atoms with Gasteiger partial charge in [-0.25, -0.2) is 30.1 Å². The van der Waals surface area contributed by atoms with Gasteiger partial charge in [-0.15, -0.1) is 0 Å². The molecular formula is C32H30AlCl3F4O5Se2Si2. The van der Waals surface area contributed by atoms with Crippen molar-refractivity contribution in [1.29, 1.82) is 0 Å². The van der Waals surface area contributed by atoms with E-state index >= 15 is 0 Å². The van der Waals surface area contributed by atoms with E-state index in [1.807, 2.05) is 60.7 Å². The molecule has 1 N–H and O–H groups in total. The van der Waals surface area contributed by atoms with Crippen LogP contribution in [0, 0.1) is 23.3 Å². The number of benzene rings is 4. The van der Waals surface area contributed by atoms with Crippen LogP contribution in [0.1, 0.15) is 36.8 Å². The van der Waals surface area contributed by atoms with E-state index in [9.17, 15) is 27.2 Å². The Labute approximate surface area is 316 Å². The van der Waals surface area contributed by atoms with Gasteiger partial charge in [0.2, 0.25) is 0 Å². The molecule has 0 saturated carbocycles. The van der Waals surface area contributed by atoms with Gasteiger partial charge in [0.25, 0.3) is 0 Å². The van der Waals surface area contributed by atoms with Crippen molar-refractivity contribution in [3.8, 4) is 0 Å². The van der Waals surface area contributed by atoms with Crippen LogP contribution in [0.3, 0.4) is 0 Å². The number of hydrogen-bond donors (Lipinski definition) is 1. The van der Waals surface area contributed by atoms with E-state index in [0.717, 1.165) is 27.1 Å². The van der Waals surface area contributed by atoms with E-state index in [1.165, 1.54) is 6.07 Å². The van der Waals surface area contributed by atoms with Crippen LogP contribution in [0.4, 0.5) is 17.6 Å². The second-order valence-electron chi connectivity index (χ2n) is 9.95. The second kappa shape index (κ2) is 22.3. The summed E-state index contributed by atoms with van der Waals surface area (Å²) in [6.07, 6.45) is 0. The number of cyclic esters (lactones) is 1. The minimum Gasteiger partial charge on any atom is -0.214 e. The van der Waals surface area contributed by atoms with Crippen LogP contribution in [0.5, 0.6) is 0 Å². The maximum Gasteiger partial charge on any atom is 0.643 e. The first-order valence-corrected chi connectivity index (χ1v) is 28.1. The molecule has 2 radical (unpaired) electrons. The largest absolute Gasteiger partial charge is 0.643 e. The number of carboxylic acid groups (broad SMARTS) is 1. The Bertz CT molecular complexity index is 1650. The van der Waals surface area contributed by atoms with Gasteiger partial charge in [-0.05, 0) is 26.2 Å². The summed E-state index contributed by atoms with van der Waals surface area (Å²) in [5.74, 6) is -5.83. The number of carbonyl (C=O) groups excluding carboxylic acids is 1. The van der Waals surface area contributed by atoms with Crippen LogP contribution >= 0.6 is 30.1 Å². The number of carboxylic acids is 1. The molecule has 1 heterocycles. The monoisotopic (exact) mass is 918 g/mol. The number of aromatic carboxylic acids is 1. The molecule has 4 aromatic rings. The molecule has 0 bridgehead atoms. The Kier molecular flexibility index (Phi) is 19.9. The molecule has 0 fully saturated rings. The van der Waals surface area contributed by atoms with Gasteiger partial charge in [-0.2, -0.15) is 0 Å². The third kappa shape index (κ3) is 15.3. The predicted molar refractivity (Wildman–Crippen MR) is 195 cm³/mol. The van der Waals surface area contributed by atoms with Crippen LogP contribution < -0.4 is 8.92 Å². The van der Waals surface area contributed by atoms with Crippen molar-refractivity contribution in [1.82, 2.24) is 0 Å². The minimum atomic E-state index is -1.72. The molecule has 0 aromatic heterocycles. The first kappa shape index (κ1) is 43.5.